The van der Waals surface area contributed by atoms with Crippen molar-refractivity contribution in [3.05, 3.63) is 35.6 Å². The molecule has 1 aliphatic carbocycles. The van der Waals surface area contributed by atoms with Crippen LogP contribution in [0.3, 0.4) is 0 Å². The van der Waals surface area contributed by atoms with E-state index in [4.69, 9.17) is 4.74 Å². The lowest BCUT2D eigenvalue weighted by Crippen LogP contribution is -2.39. The number of hydrogen-bond donors (Lipinski definition) is 1. The monoisotopic (exact) mass is 306 g/mol. The molecule has 1 saturated heterocycles. The Hall–Kier alpha value is -1.62. The molecule has 1 aliphatic heterocycles. The van der Waals surface area contributed by atoms with Crippen molar-refractivity contribution >= 4 is 6.09 Å². The van der Waals surface area contributed by atoms with Gasteiger partial charge in [-0.05, 0) is 38.7 Å². The zero-order valence-electron chi connectivity index (χ0n) is 13.3. The van der Waals surface area contributed by atoms with E-state index < -0.39 is 5.60 Å². The van der Waals surface area contributed by atoms with Crippen molar-refractivity contribution in [3.8, 4) is 0 Å². The van der Waals surface area contributed by atoms with Gasteiger partial charge in [-0.2, -0.15) is 0 Å². The van der Waals surface area contributed by atoms with E-state index in [-0.39, 0.29) is 11.9 Å². The summed E-state index contributed by atoms with van der Waals surface area (Å²) in [6, 6.07) is 7.21. The summed E-state index contributed by atoms with van der Waals surface area (Å²) in [6.45, 7) is 7.63. The fraction of sp³-hybridized carbons (Fsp3) is 0.588. The molecular formula is C17H23FN2O2. The topological polar surface area (TPSA) is 41.6 Å². The minimum atomic E-state index is -0.452. The Morgan fingerprint density at radius 1 is 1.32 bits per heavy atom. The molecule has 0 aromatic heterocycles. The van der Waals surface area contributed by atoms with E-state index in [1.165, 1.54) is 6.07 Å². The number of piperidine rings is 1. The number of ether oxygens (including phenoxy) is 1. The highest BCUT2D eigenvalue weighted by Crippen LogP contribution is 2.45. The van der Waals surface area contributed by atoms with Gasteiger partial charge in [0, 0.05) is 31.2 Å². The van der Waals surface area contributed by atoms with Crippen LogP contribution in [0.25, 0.3) is 0 Å². The lowest BCUT2D eigenvalue weighted by Gasteiger charge is -2.26. The van der Waals surface area contributed by atoms with Gasteiger partial charge in [0.15, 0.2) is 0 Å². The predicted octanol–water partition coefficient (Wildman–Crippen LogP) is 2.78. The number of fused-ring (bicyclic) bond motifs is 1. The highest BCUT2D eigenvalue weighted by atomic mass is 19.1. The van der Waals surface area contributed by atoms with Crippen LogP contribution in [0.1, 0.15) is 26.3 Å². The lowest BCUT2D eigenvalue weighted by atomic mass is 10.2. The number of carbonyl (C=O) groups is 1. The Kier molecular flexibility index (Phi) is 3.85. The Balaban J connectivity index is 1.45. The summed E-state index contributed by atoms with van der Waals surface area (Å²) < 4.78 is 19.0. The molecule has 2 atom stereocenters. The summed E-state index contributed by atoms with van der Waals surface area (Å²) in [5, 5.41) is 3.40. The van der Waals surface area contributed by atoms with E-state index >= 15 is 0 Å². The Morgan fingerprint density at radius 2 is 1.95 bits per heavy atom. The molecule has 0 bridgehead atoms. The van der Waals surface area contributed by atoms with Crippen LogP contribution in [0.2, 0.25) is 0 Å². The first-order chi connectivity index (χ1) is 10.3. The Morgan fingerprint density at radius 3 is 2.55 bits per heavy atom. The van der Waals surface area contributed by atoms with Crippen molar-refractivity contribution < 1.29 is 13.9 Å². The fourth-order valence-corrected chi connectivity index (χ4v) is 3.17. The zero-order valence-corrected chi connectivity index (χ0v) is 13.3. The predicted molar refractivity (Wildman–Crippen MR) is 81.8 cm³/mol. The van der Waals surface area contributed by atoms with Crippen LogP contribution in [0.4, 0.5) is 9.18 Å². The number of amides is 1. The van der Waals surface area contributed by atoms with E-state index in [1.807, 2.05) is 26.8 Å². The Labute approximate surface area is 130 Å². The number of carbonyl (C=O) groups excluding carboxylic acids is 1. The van der Waals surface area contributed by atoms with Crippen molar-refractivity contribution in [2.45, 2.75) is 39.0 Å². The van der Waals surface area contributed by atoms with Gasteiger partial charge in [-0.15, -0.1) is 0 Å². The first kappa shape index (κ1) is 15.3. The van der Waals surface area contributed by atoms with Crippen molar-refractivity contribution in [3.63, 3.8) is 0 Å². The molecule has 1 saturated carbocycles. The molecule has 1 aromatic rings. The van der Waals surface area contributed by atoms with E-state index in [0.717, 1.165) is 13.1 Å². The molecule has 1 amide bonds. The molecule has 2 unspecified atom stereocenters. The van der Waals surface area contributed by atoms with Gasteiger partial charge in [0.2, 0.25) is 0 Å². The molecule has 4 nitrogen and oxygen atoms in total. The molecule has 1 heterocycles. The molecule has 0 radical (unpaired) electrons. The molecule has 1 aromatic carbocycles. The van der Waals surface area contributed by atoms with Crippen molar-refractivity contribution in [2.75, 3.05) is 13.1 Å². The number of nitrogens with zero attached hydrogens (tertiary/aromatic N) is 1. The summed E-state index contributed by atoms with van der Waals surface area (Å²) in [6.07, 6.45) is -0.229. The summed E-state index contributed by atoms with van der Waals surface area (Å²) in [7, 11) is 0. The zero-order chi connectivity index (χ0) is 15.9. The number of benzene rings is 1. The van der Waals surface area contributed by atoms with Crippen LogP contribution in [-0.4, -0.2) is 35.7 Å². The van der Waals surface area contributed by atoms with Gasteiger partial charge in [-0.1, -0.05) is 18.2 Å². The summed E-state index contributed by atoms with van der Waals surface area (Å²) in [5.74, 6) is 0.773. The fourth-order valence-electron chi connectivity index (χ4n) is 3.17. The minimum Gasteiger partial charge on any atom is -0.444 e. The smallest absolute Gasteiger partial charge is 0.410 e. The third-order valence-electron chi connectivity index (χ3n) is 4.33. The SMILES string of the molecule is CC(C)(C)OC(=O)N1CC2C(C1)C2NCc1ccccc1F. The van der Waals surface area contributed by atoms with Crippen LogP contribution in [0.15, 0.2) is 24.3 Å². The van der Waals surface area contributed by atoms with E-state index in [9.17, 15) is 9.18 Å². The number of likely N-dealkylation sites (tertiary alicyclic amines) is 1. The summed E-state index contributed by atoms with van der Waals surface area (Å²) in [4.78, 5) is 13.8. The lowest BCUT2D eigenvalue weighted by molar-refractivity contribution is 0.0269. The number of halogens is 1. The molecule has 120 valence electrons. The Bertz CT molecular complexity index is 558. The second-order valence-electron chi connectivity index (χ2n) is 7.21. The second kappa shape index (κ2) is 5.54. The number of hydrogen-bond acceptors (Lipinski definition) is 3. The van der Waals surface area contributed by atoms with Crippen molar-refractivity contribution in [1.29, 1.82) is 0 Å². The molecular weight excluding hydrogens is 283 g/mol. The molecule has 2 fully saturated rings. The maximum Gasteiger partial charge on any atom is 0.410 e. The first-order valence-electron chi connectivity index (χ1n) is 7.80. The maximum absolute atomic E-state index is 13.6. The third kappa shape index (κ3) is 3.24. The molecule has 1 N–H and O–H groups in total. The van der Waals surface area contributed by atoms with Gasteiger partial charge in [0.25, 0.3) is 0 Å². The third-order valence-corrected chi connectivity index (χ3v) is 4.33. The van der Waals surface area contributed by atoms with Gasteiger partial charge in [-0.25, -0.2) is 9.18 Å². The maximum atomic E-state index is 13.6. The minimum absolute atomic E-state index is 0.170. The molecule has 22 heavy (non-hydrogen) atoms. The van der Waals surface area contributed by atoms with Gasteiger partial charge in [0.1, 0.15) is 11.4 Å². The van der Waals surface area contributed by atoms with Gasteiger partial charge >= 0.3 is 6.09 Å². The van der Waals surface area contributed by atoms with Crippen LogP contribution in [0, 0.1) is 17.7 Å². The normalized spacial score (nSPS) is 26.7. The molecule has 0 spiro atoms. The van der Waals surface area contributed by atoms with Gasteiger partial charge in [-0.3, -0.25) is 0 Å². The first-order valence-corrected chi connectivity index (χ1v) is 7.80. The van der Waals surface area contributed by atoms with E-state index in [2.05, 4.69) is 5.32 Å². The largest absolute Gasteiger partial charge is 0.444 e. The summed E-state index contributed by atoms with van der Waals surface area (Å²) in [5.41, 5.74) is 0.239. The van der Waals surface area contributed by atoms with Gasteiger partial charge in [0.05, 0.1) is 0 Å². The number of rotatable bonds is 3. The van der Waals surface area contributed by atoms with Crippen LogP contribution in [-0.2, 0) is 11.3 Å². The van der Waals surface area contributed by atoms with Gasteiger partial charge < -0.3 is 15.0 Å². The average molecular weight is 306 g/mol. The summed E-state index contributed by atoms with van der Waals surface area (Å²) >= 11 is 0. The standard InChI is InChI=1S/C17H23FN2O2/c1-17(2,3)22-16(21)20-9-12-13(10-20)15(12)19-8-11-6-4-5-7-14(11)18/h4-7,12-13,15,19H,8-10H2,1-3H3. The highest BCUT2D eigenvalue weighted by Gasteiger charge is 2.56. The second-order valence-corrected chi connectivity index (χ2v) is 7.21. The molecule has 3 rings (SSSR count). The highest BCUT2D eigenvalue weighted by molar-refractivity contribution is 5.69. The van der Waals surface area contributed by atoms with E-state index in [1.54, 1.807) is 17.0 Å². The molecule has 2 aliphatic rings. The van der Waals surface area contributed by atoms with Crippen LogP contribution >= 0.6 is 0 Å². The van der Waals surface area contributed by atoms with Crippen molar-refractivity contribution in [1.82, 2.24) is 10.2 Å². The van der Waals surface area contributed by atoms with Crippen LogP contribution in [0.5, 0.6) is 0 Å². The molecule has 5 heteroatoms. The van der Waals surface area contributed by atoms with Crippen molar-refractivity contribution in [2.24, 2.45) is 11.8 Å². The number of nitrogens with one attached hydrogen (secondary N) is 1. The average Bonchev–Trinajstić information content (AvgIpc) is 2.88. The van der Waals surface area contributed by atoms with Crippen LogP contribution < -0.4 is 5.32 Å². The quantitative estimate of drug-likeness (QED) is 0.933. The van der Waals surface area contributed by atoms with E-state index in [0.29, 0.717) is 30.0 Å².